The zero-order valence-corrected chi connectivity index (χ0v) is 12.9. The molecule has 3 N–H and O–H groups in total. The number of amides is 1. The molecule has 0 radical (unpaired) electrons. The minimum Gasteiger partial charge on any atom is -0.508 e. The summed E-state index contributed by atoms with van der Waals surface area (Å²) in [5.74, 6) is -1.27. The number of carboxylic acids is 1. The topological polar surface area (TPSA) is 86.6 Å². The van der Waals surface area contributed by atoms with Crippen LogP contribution in [0.2, 0.25) is 0 Å². The van der Waals surface area contributed by atoms with Gasteiger partial charge >= 0.3 is 5.97 Å². The van der Waals surface area contributed by atoms with Crippen molar-refractivity contribution in [1.82, 2.24) is 5.32 Å². The quantitative estimate of drug-likeness (QED) is 0.779. The van der Waals surface area contributed by atoms with Crippen molar-refractivity contribution < 1.29 is 19.8 Å². The zero-order chi connectivity index (χ0) is 16.2. The molecule has 1 aromatic carbocycles. The molecule has 116 valence electrons. The number of phenols is 1. The van der Waals surface area contributed by atoms with Crippen molar-refractivity contribution in [3.05, 3.63) is 29.3 Å². The molecule has 0 saturated heterocycles. The van der Waals surface area contributed by atoms with Crippen molar-refractivity contribution in [1.29, 1.82) is 0 Å². The molecule has 0 aromatic heterocycles. The Bertz CT molecular complexity index is 532. The lowest BCUT2D eigenvalue weighted by atomic mass is 9.87. The number of carboxylic acid groups (broad SMARTS) is 1. The summed E-state index contributed by atoms with van der Waals surface area (Å²) in [7, 11) is 0. The summed E-state index contributed by atoms with van der Waals surface area (Å²) in [5, 5.41) is 21.3. The molecule has 1 rings (SSSR count). The van der Waals surface area contributed by atoms with Crippen LogP contribution in [0.5, 0.6) is 5.75 Å². The monoisotopic (exact) mass is 293 g/mol. The minimum absolute atomic E-state index is 0.0493. The average molecular weight is 293 g/mol. The van der Waals surface area contributed by atoms with E-state index in [9.17, 15) is 14.7 Å². The van der Waals surface area contributed by atoms with Gasteiger partial charge in [-0.05, 0) is 36.5 Å². The number of carbonyl (C=O) groups excluding carboxylic acids is 1. The maximum atomic E-state index is 12.2. The number of aliphatic carboxylic acids is 1. The van der Waals surface area contributed by atoms with E-state index in [1.807, 2.05) is 20.8 Å². The standard InChI is InChI=1S/C16H23NO4/c1-10-5-6-11(7-13(10)18)15(21)17-12(8-14(19)20)9-16(2,3)4/h5-7,12,18H,8-9H2,1-4H3,(H,17,21)(H,19,20). The number of hydrogen-bond acceptors (Lipinski definition) is 3. The molecule has 5 nitrogen and oxygen atoms in total. The molecule has 0 aliphatic carbocycles. The van der Waals surface area contributed by atoms with E-state index >= 15 is 0 Å². The van der Waals surface area contributed by atoms with E-state index in [0.717, 1.165) is 0 Å². The Balaban J connectivity index is 2.83. The number of rotatable bonds is 5. The maximum Gasteiger partial charge on any atom is 0.305 e. The van der Waals surface area contributed by atoms with E-state index < -0.39 is 12.0 Å². The van der Waals surface area contributed by atoms with Gasteiger partial charge in [-0.25, -0.2) is 0 Å². The Morgan fingerprint density at radius 2 is 1.90 bits per heavy atom. The van der Waals surface area contributed by atoms with Crippen LogP contribution in [0.3, 0.4) is 0 Å². The van der Waals surface area contributed by atoms with Crippen LogP contribution >= 0.6 is 0 Å². The first-order valence-corrected chi connectivity index (χ1v) is 6.91. The Hall–Kier alpha value is -2.04. The van der Waals surface area contributed by atoms with Gasteiger partial charge in [0, 0.05) is 11.6 Å². The van der Waals surface area contributed by atoms with E-state index in [-0.39, 0.29) is 23.5 Å². The summed E-state index contributed by atoms with van der Waals surface area (Å²) in [6.07, 6.45) is 0.434. The summed E-state index contributed by atoms with van der Waals surface area (Å²) in [4.78, 5) is 23.1. The number of aryl methyl sites for hydroxylation is 1. The summed E-state index contributed by atoms with van der Waals surface area (Å²) in [5.41, 5.74) is 0.911. The van der Waals surface area contributed by atoms with Gasteiger partial charge in [-0.1, -0.05) is 26.8 Å². The Morgan fingerprint density at radius 1 is 1.29 bits per heavy atom. The molecule has 0 aliphatic heterocycles. The van der Waals surface area contributed by atoms with E-state index in [4.69, 9.17) is 5.11 Å². The van der Waals surface area contributed by atoms with Crippen molar-refractivity contribution in [3.63, 3.8) is 0 Å². The van der Waals surface area contributed by atoms with Crippen LogP contribution in [0.25, 0.3) is 0 Å². The lowest BCUT2D eigenvalue weighted by Crippen LogP contribution is -2.39. The first-order chi connectivity index (χ1) is 9.58. The van der Waals surface area contributed by atoms with Gasteiger partial charge in [0.15, 0.2) is 0 Å². The fourth-order valence-electron chi connectivity index (χ4n) is 2.14. The zero-order valence-electron chi connectivity index (χ0n) is 12.9. The van der Waals surface area contributed by atoms with Gasteiger partial charge in [-0.2, -0.15) is 0 Å². The predicted octanol–water partition coefficient (Wildman–Crippen LogP) is 2.71. The normalized spacial score (nSPS) is 12.8. The van der Waals surface area contributed by atoms with Crippen molar-refractivity contribution >= 4 is 11.9 Å². The molecular formula is C16H23NO4. The highest BCUT2D eigenvalue weighted by Gasteiger charge is 2.23. The highest BCUT2D eigenvalue weighted by molar-refractivity contribution is 5.95. The maximum absolute atomic E-state index is 12.2. The number of aromatic hydroxyl groups is 1. The molecular weight excluding hydrogens is 270 g/mol. The second-order valence-electron chi connectivity index (χ2n) is 6.53. The molecule has 1 atom stereocenters. The molecule has 21 heavy (non-hydrogen) atoms. The second kappa shape index (κ2) is 6.61. The Labute approximate surface area is 125 Å². The van der Waals surface area contributed by atoms with Gasteiger partial charge in [-0.3, -0.25) is 9.59 Å². The Morgan fingerprint density at radius 3 is 2.38 bits per heavy atom. The summed E-state index contributed by atoms with van der Waals surface area (Å²) in [6, 6.07) is 4.21. The number of nitrogens with one attached hydrogen (secondary N) is 1. The van der Waals surface area contributed by atoms with Crippen LogP contribution in [0.15, 0.2) is 18.2 Å². The first-order valence-electron chi connectivity index (χ1n) is 6.91. The van der Waals surface area contributed by atoms with E-state index in [1.54, 1.807) is 19.1 Å². The van der Waals surface area contributed by atoms with Crippen LogP contribution in [0.1, 0.15) is 49.5 Å². The van der Waals surface area contributed by atoms with Crippen molar-refractivity contribution in [2.45, 2.75) is 46.6 Å². The minimum atomic E-state index is -0.948. The van der Waals surface area contributed by atoms with Crippen molar-refractivity contribution in [3.8, 4) is 5.75 Å². The molecule has 5 heteroatoms. The van der Waals surface area contributed by atoms with Crippen LogP contribution in [0, 0.1) is 12.3 Å². The first kappa shape index (κ1) is 17.0. The molecule has 0 heterocycles. The van der Waals surface area contributed by atoms with Crippen molar-refractivity contribution in [2.75, 3.05) is 0 Å². The molecule has 0 fully saturated rings. The smallest absolute Gasteiger partial charge is 0.305 e. The van der Waals surface area contributed by atoms with Gasteiger partial charge in [0.1, 0.15) is 5.75 Å². The highest BCUT2D eigenvalue weighted by Crippen LogP contribution is 2.23. The van der Waals surface area contributed by atoms with E-state index in [1.165, 1.54) is 6.07 Å². The fraction of sp³-hybridized carbons (Fsp3) is 0.500. The molecule has 0 saturated carbocycles. The molecule has 1 amide bonds. The number of carbonyl (C=O) groups is 2. The number of phenolic OH excluding ortho intramolecular Hbond substituents is 1. The highest BCUT2D eigenvalue weighted by atomic mass is 16.4. The fourth-order valence-corrected chi connectivity index (χ4v) is 2.14. The summed E-state index contributed by atoms with van der Waals surface area (Å²) >= 11 is 0. The van der Waals surface area contributed by atoms with Gasteiger partial charge in [0.25, 0.3) is 5.91 Å². The average Bonchev–Trinajstić information content (AvgIpc) is 2.29. The van der Waals surface area contributed by atoms with Gasteiger partial charge in [-0.15, -0.1) is 0 Å². The Kier molecular flexibility index (Phi) is 5.35. The lowest BCUT2D eigenvalue weighted by Gasteiger charge is -2.25. The van der Waals surface area contributed by atoms with Crippen LogP contribution in [-0.4, -0.2) is 28.1 Å². The van der Waals surface area contributed by atoms with E-state index in [0.29, 0.717) is 17.5 Å². The number of hydrogen-bond donors (Lipinski definition) is 3. The third-order valence-corrected chi connectivity index (χ3v) is 3.09. The molecule has 0 spiro atoms. The largest absolute Gasteiger partial charge is 0.508 e. The second-order valence-corrected chi connectivity index (χ2v) is 6.53. The molecule has 1 aromatic rings. The lowest BCUT2D eigenvalue weighted by molar-refractivity contribution is -0.137. The van der Waals surface area contributed by atoms with Crippen molar-refractivity contribution in [2.24, 2.45) is 5.41 Å². The van der Waals surface area contributed by atoms with Gasteiger partial charge in [0.2, 0.25) is 0 Å². The van der Waals surface area contributed by atoms with Crippen LogP contribution < -0.4 is 5.32 Å². The van der Waals surface area contributed by atoms with Crippen LogP contribution in [-0.2, 0) is 4.79 Å². The third-order valence-electron chi connectivity index (χ3n) is 3.09. The van der Waals surface area contributed by atoms with E-state index in [2.05, 4.69) is 5.32 Å². The summed E-state index contributed by atoms with van der Waals surface area (Å²) < 4.78 is 0. The van der Waals surface area contributed by atoms with Gasteiger partial charge < -0.3 is 15.5 Å². The SMILES string of the molecule is Cc1ccc(C(=O)NC(CC(=O)O)CC(C)(C)C)cc1O. The van der Waals surface area contributed by atoms with Gasteiger partial charge in [0.05, 0.1) is 6.42 Å². The van der Waals surface area contributed by atoms with Crippen LogP contribution in [0.4, 0.5) is 0 Å². The number of benzene rings is 1. The molecule has 1 unspecified atom stereocenters. The summed E-state index contributed by atoms with van der Waals surface area (Å²) in [6.45, 7) is 7.72. The third kappa shape index (κ3) is 5.85. The molecule has 0 aliphatic rings. The predicted molar refractivity (Wildman–Crippen MR) is 80.4 cm³/mol. The molecule has 0 bridgehead atoms.